The van der Waals surface area contributed by atoms with Gasteiger partial charge < -0.3 is 10.4 Å². The van der Waals surface area contributed by atoms with Crippen molar-refractivity contribution in [1.82, 2.24) is 10.2 Å². The highest BCUT2D eigenvalue weighted by molar-refractivity contribution is 7.18. The molecule has 6 nitrogen and oxygen atoms in total. The summed E-state index contributed by atoms with van der Waals surface area (Å²) < 4.78 is 0. The third-order valence-corrected chi connectivity index (χ3v) is 3.69. The number of aromatic amines is 1. The number of aromatic nitrogens is 2. The van der Waals surface area contributed by atoms with E-state index in [1.807, 2.05) is 13.8 Å². The molecule has 1 amide bonds. The summed E-state index contributed by atoms with van der Waals surface area (Å²) in [6, 6.07) is 3.05. The van der Waals surface area contributed by atoms with E-state index < -0.39 is 5.97 Å². The van der Waals surface area contributed by atoms with Crippen molar-refractivity contribution < 1.29 is 14.7 Å². The summed E-state index contributed by atoms with van der Waals surface area (Å²) in [6.45, 7) is 3.69. The van der Waals surface area contributed by atoms with Gasteiger partial charge in [0.25, 0.3) is 0 Å². The van der Waals surface area contributed by atoms with Crippen LogP contribution in [0.15, 0.2) is 12.1 Å². The van der Waals surface area contributed by atoms with Crippen molar-refractivity contribution in [2.24, 2.45) is 0 Å². The molecule has 0 saturated carbocycles. The van der Waals surface area contributed by atoms with E-state index in [0.717, 1.165) is 28.3 Å². The summed E-state index contributed by atoms with van der Waals surface area (Å²) in [7, 11) is 0. The Bertz CT molecular complexity index is 610. The number of nitrogens with one attached hydrogen (secondary N) is 2. The quantitative estimate of drug-likeness (QED) is 0.797. The highest BCUT2D eigenvalue weighted by Crippen LogP contribution is 2.22. The molecule has 0 atom stereocenters. The van der Waals surface area contributed by atoms with Gasteiger partial charge in [0.05, 0.1) is 17.1 Å². The zero-order valence-electron chi connectivity index (χ0n) is 10.5. The molecule has 19 heavy (non-hydrogen) atoms. The summed E-state index contributed by atoms with van der Waals surface area (Å²) >= 11 is 1.04. The summed E-state index contributed by atoms with van der Waals surface area (Å²) in [4.78, 5) is 22.8. The molecule has 2 aromatic rings. The Morgan fingerprint density at radius 3 is 2.68 bits per heavy atom. The van der Waals surface area contributed by atoms with Crippen LogP contribution in [0.3, 0.4) is 0 Å². The smallest absolute Gasteiger partial charge is 0.345 e. The van der Waals surface area contributed by atoms with Crippen molar-refractivity contribution >= 4 is 28.2 Å². The molecule has 0 unspecified atom stereocenters. The van der Waals surface area contributed by atoms with Crippen LogP contribution in [-0.2, 0) is 11.2 Å². The van der Waals surface area contributed by atoms with E-state index in [9.17, 15) is 9.59 Å². The first-order chi connectivity index (χ1) is 8.97. The van der Waals surface area contributed by atoms with E-state index in [1.54, 1.807) is 6.07 Å². The standard InChI is InChI=1S/C12H13N3O3S/c1-6-8(7(2)15-14-6)5-10(16)13-11-4-3-9(19-11)12(17)18/h3-4H,5H2,1-2H3,(H,13,16)(H,14,15)(H,17,18). The average molecular weight is 279 g/mol. The first-order valence-corrected chi connectivity index (χ1v) is 6.42. The molecular weight excluding hydrogens is 266 g/mol. The number of carbonyl (C=O) groups excluding carboxylic acids is 1. The Balaban J connectivity index is 2.03. The van der Waals surface area contributed by atoms with Gasteiger partial charge in [0.2, 0.25) is 5.91 Å². The lowest BCUT2D eigenvalue weighted by Crippen LogP contribution is -2.14. The number of carboxylic acids is 1. The number of rotatable bonds is 4. The maximum absolute atomic E-state index is 11.9. The van der Waals surface area contributed by atoms with Crippen LogP contribution in [0.1, 0.15) is 26.6 Å². The molecule has 0 bridgehead atoms. The minimum Gasteiger partial charge on any atom is -0.477 e. The predicted molar refractivity (Wildman–Crippen MR) is 71.7 cm³/mol. The van der Waals surface area contributed by atoms with Gasteiger partial charge in [-0.2, -0.15) is 5.10 Å². The molecule has 0 radical (unpaired) electrons. The molecule has 0 fully saturated rings. The number of aromatic carboxylic acids is 1. The average Bonchev–Trinajstić information content (AvgIpc) is 2.91. The van der Waals surface area contributed by atoms with Crippen molar-refractivity contribution in [2.45, 2.75) is 20.3 Å². The Hall–Kier alpha value is -2.15. The van der Waals surface area contributed by atoms with Crippen LogP contribution < -0.4 is 5.32 Å². The number of thiophene rings is 1. The van der Waals surface area contributed by atoms with Gasteiger partial charge in [-0.1, -0.05) is 0 Å². The number of amides is 1. The zero-order valence-corrected chi connectivity index (χ0v) is 11.3. The van der Waals surface area contributed by atoms with E-state index in [0.29, 0.717) is 5.00 Å². The number of hydrogen-bond donors (Lipinski definition) is 3. The van der Waals surface area contributed by atoms with Gasteiger partial charge in [-0.3, -0.25) is 9.89 Å². The molecule has 0 aliphatic rings. The Morgan fingerprint density at radius 1 is 1.42 bits per heavy atom. The van der Waals surface area contributed by atoms with Crippen molar-refractivity contribution in [3.8, 4) is 0 Å². The van der Waals surface area contributed by atoms with Crippen LogP contribution in [0.5, 0.6) is 0 Å². The van der Waals surface area contributed by atoms with Crippen LogP contribution in [0.2, 0.25) is 0 Å². The van der Waals surface area contributed by atoms with Crippen molar-refractivity contribution in [3.63, 3.8) is 0 Å². The van der Waals surface area contributed by atoms with E-state index in [-0.39, 0.29) is 17.2 Å². The second kappa shape index (κ2) is 5.23. The molecule has 3 N–H and O–H groups in total. The fourth-order valence-electron chi connectivity index (χ4n) is 1.70. The third kappa shape index (κ3) is 3.00. The largest absolute Gasteiger partial charge is 0.477 e. The van der Waals surface area contributed by atoms with E-state index in [4.69, 9.17) is 5.11 Å². The topological polar surface area (TPSA) is 95.1 Å². The Kier molecular flexibility index (Phi) is 3.66. The maximum atomic E-state index is 11.9. The summed E-state index contributed by atoms with van der Waals surface area (Å²) in [6.07, 6.45) is 0.217. The third-order valence-electron chi connectivity index (χ3n) is 2.70. The van der Waals surface area contributed by atoms with Crippen LogP contribution >= 0.6 is 11.3 Å². The van der Waals surface area contributed by atoms with Crippen LogP contribution in [-0.4, -0.2) is 27.2 Å². The summed E-state index contributed by atoms with van der Waals surface area (Å²) in [5.41, 5.74) is 2.53. The van der Waals surface area contributed by atoms with Gasteiger partial charge in [0.1, 0.15) is 4.88 Å². The van der Waals surface area contributed by atoms with E-state index >= 15 is 0 Å². The second-order valence-electron chi connectivity index (χ2n) is 4.11. The summed E-state index contributed by atoms with van der Waals surface area (Å²) in [5.74, 6) is -1.18. The molecule has 0 aliphatic carbocycles. The molecule has 2 aromatic heterocycles. The van der Waals surface area contributed by atoms with Gasteiger partial charge in [0.15, 0.2) is 0 Å². The van der Waals surface area contributed by atoms with Crippen molar-refractivity contribution in [1.29, 1.82) is 0 Å². The number of aryl methyl sites for hydroxylation is 2. The predicted octanol–water partition coefficient (Wildman–Crippen LogP) is 1.97. The molecule has 0 aromatic carbocycles. The molecule has 2 rings (SSSR count). The second-order valence-corrected chi connectivity index (χ2v) is 5.19. The zero-order chi connectivity index (χ0) is 14.0. The Morgan fingerprint density at radius 2 is 2.16 bits per heavy atom. The Labute approximate surface area is 113 Å². The van der Waals surface area contributed by atoms with Crippen molar-refractivity contribution in [3.05, 3.63) is 34.0 Å². The number of H-pyrrole nitrogens is 1. The van der Waals surface area contributed by atoms with Gasteiger partial charge in [-0.05, 0) is 26.0 Å². The van der Waals surface area contributed by atoms with E-state index in [1.165, 1.54) is 6.07 Å². The van der Waals surface area contributed by atoms with Gasteiger partial charge in [-0.15, -0.1) is 11.3 Å². The normalized spacial score (nSPS) is 10.4. The number of anilines is 1. The fraction of sp³-hybridized carbons (Fsp3) is 0.250. The minimum absolute atomic E-state index is 0.189. The first kappa shape index (κ1) is 13.3. The molecule has 0 aliphatic heterocycles. The lowest BCUT2D eigenvalue weighted by Gasteiger charge is -2.02. The highest BCUT2D eigenvalue weighted by atomic mass is 32.1. The van der Waals surface area contributed by atoms with Gasteiger partial charge >= 0.3 is 5.97 Å². The van der Waals surface area contributed by atoms with Crippen LogP contribution in [0.25, 0.3) is 0 Å². The lowest BCUT2D eigenvalue weighted by molar-refractivity contribution is -0.115. The fourth-order valence-corrected chi connectivity index (χ4v) is 2.46. The maximum Gasteiger partial charge on any atom is 0.345 e. The monoisotopic (exact) mass is 279 g/mol. The van der Waals surface area contributed by atoms with E-state index in [2.05, 4.69) is 15.5 Å². The van der Waals surface area contributed by atoms with Gasteiger partial charge in [-0.25, -0.2) is 4.79 Å². The number of carboxylic acid groups (broad SMARTS) is 1. The number of hydrogen-bond acceptors (Lipinski definition) is 4. The summed E-state index contributed by atoms with van der Waals surface area (Å²) in [5, 5.41) is 18.9. The number of carbonyl (C=O) groups is 2. The SMILES string of the molecule is Cc1n[nH]c(C)c1CC(=O)Nc1ccc(C(=O)O)s1. The first-order valence-electron chi connectivity index (χ1n) is 5.61. The van der Waals surface area contributed by atoms with Crippen LogP contribution in [0.4, 0.5) is 5.00 Å². The van der Waals surface area contributed by atoms with Gasteiger partial charge in [0, 0.05) is 11.3 Å². The molecule has 100 valence electrons. The highest BCUT2D eigenvalue weighted by Gasteiger charge is 2.13. The van der Waals surface area contributed by atoms with Crippen LogP contribution in [0, 0.1) is 13.8 Å². The minimum atomic E-state index is -0.993. The van der Waals surface area contributed by atoms with Crippen molar-refractivity contribution in [2.75, 3.05) is 5.32 Å². The molecule has 2 heterocycles. The molecular formula is C12H13N3O3S. The molecule has 0 spiro atoms. The molecule has 0 saturated heterocycles. The molecule has 7 heteroatoms. The lowest BCUT2D eigenvalue weighted by atomic mass is 10.1. The number of nitrogens with zero attached hydrogens (tertiary/aromatic N) is 1.